The maximum Gasteiger partial charge on any atom is 0.335 e. The topological polar surface area (TPSA) is 119 Å². The summed E-state index contributed by atoms with van der Waals surface area (Å²) in [6.07, 6.45) is 1.87. The average Bonchev–Trinajstić information content (AvgIpc) is 2.99. The lowest BCUT2D eigenvalue weighted by Gasteiger charge is -2.30. The molecule has 4 atom stereocenters. The fourth-order valence-electron chi connectivity index (χ4n) is 2.51. The second kappa shape index (κ2) is 5.90. The highest BCUT2D eigenvalue weighted by atomic mass is 16.7. The summed E-state index contributed by atoms with van der Waals surface area (Å²) in [4.78, 5) is 35.3. The van der Waals surface area contributed by atoms with Crippen molar-refractivity contribution in [2.24, 2.45) is 11.8 Å². The van der Waals surface area contributed by atoms with Crippen molar-refractivity contribution in [1.29, 1.82) is 0 Å². The van der Waals surface area contributed by atoms with Crippen molar-refractivity contribution in [2.45, 2.75) is 18.8 Å². The Morgan fingerprint density at radius 2 is 2.09 bits per heavy atom. The summed E-state index contributed by atoms with van der Waals surface area (Å²) < 4.78 is 15.4. The Morgan fingerprint density at radius 3 is 2.64 bits per heavy atom. The normalized spacial score (nSPS) is 31.8. The molecule has 0 unspecified atom stereocenters. The van der Waals surface area contributed by atoms with E-state index in [4.69, 9.17) is 19.3 Å². The lowest BCUT2D eigenvalue weighted by atomic mass is 9.81. The third-order valence-electron chi connectivity index (χ3n) is 3.46. The molecule has 2 heterocycles. The summed E-state index contributed by atoms with van der Waals surface area (Å²) in [6, 6.07) is 0. The molecular formula is C14H16O8. The van der Waals surface area contributed by atoms with Crippen LogP contribution in [0.1, 0.15) is 6.92 Å². The maximum absolute atomic E-state index is 12.1. The van der Waals surface area contributed by atoms with Gasteiger partial charge in [-0.25, -0.2) is 4.79 Å². The number of carbonyl (C=O) groups is 3. The molecule has 0 aliphatic carbocycles. The highest BCUT2D eigenvalue weighted by Gasteiger charge is 2.65. The van der Waals surface area contributed by atoms with Gasteiger partial charge in [0.05, 0.1) is 12.7 Å². The van der Waals surface area contributed by atoms with Crippen molar-refractivity contribution in [3.63, 3.8) is 0 Å². The van der Waals surface area contributed by atoms with E-state index in [9.17, 15) is 19.5 Å². The first kappa shape index (κ1) is 16.2. The van der Waals surface area contributed by atoms with Crippen molar-refractivity contribution >= 4 is 17.9 Å². The van der Waals surface area contributed by atoms with Crippen molar-refractivity contribution in [1.82, 2.24) is 0 Å². The quantitative estimate of drug-likeness (QED) is 0.387. The first-order valence-electron chi connectivity index (χ1n) is 6.58. The number of carboxylic acids is 1. The van der Waals surface area contributed by atoms with Crippen LogP contribution < -0.4 is 0 Å². The Hall–Kier alpha value is -2.19. The van der Waals surface area contributed by atoms with E-state index in [0.29, 0.717) is 0 Å². The van der Waals surface area contributed by atoms with E-state index in [0.717, 1.165) is 0 Å². The van der Waals surface area contributed by atoms with Gasteiger partial charge in [-0.1, -0.05) is 12.7 Å². The van der Waals surface area contributed by atoms with Gasteiger partial charge in [0.2, 0.25) is 5.79 Å². The molecule has 2 N–H and O–H groups in total. The van der Waals surface area contributed by atoms with Gasteiger partial charge in [-0.3, -0.25) is 9.59 Å². The molecule has 0 radical (unpaired) electrons. The van der Waals surface area contributed by atoms with Gasteiger partial charge in [-0.2, -0.15) is 0 Å². The number of carboxylic acid groups (broad SMARTS) is 1. The number of hydrogen-bond donors (Lipinski definition) is 2. The molecule has 2 aliphatic rings. The Morgan fingerprint density at radius 1 is 1.41 bits per heavy atom. The van der Waals surface area contributed by atoms with E-state index in [-0.39, 0.29) is 12.2 Å². The highest BCUT2D eigenvalue weighted by Crippen LogP contribution is 2.48. The Labute approximate surface area is 126 Å². The lowest BCUT2D eigenvalue weighted by molar-refractivity contribution is -0.207. The summed E-state index contributed by atoms with van der Waals surface area (Å²) in [6.45, 7) is 4.15. The van der Waals surface area contributed by atoms with Crippen LogP contribution in [0.15, 0.2) is 24.3 Å². The zero-order valence-electron chi connectivity index (χ0n) is 11.9. The van der Waals surface area contributed by atoms with Gasteiger partial charge < -0.3 is 24.4 Å². The van der Waals surface area contributed by atoms with Crippen molar-refractivity contribution in [3.8, 4) is 0 Å². The molecule has 2 rings (SSSR count). The number of ether oxygens (including phenoxy) is 3. The minimum Gasteiger partial charge on any atom is -0.481 e. The van der Waals surface area contributed by atoms with Gasteiger partial charge in [0.25, 0.3) is 0 Å². The van der Waals surface area contributed by atoms with Crippen LogP contribution in [0.3, 0.4) is 0 Å². The fraction of sp³-hybridized carbons (Fsp3) is 0.500. The number of aliphatic hydroxyl groups is 1. The van der Waals surface area contributed by atoms with Crippen LogP contribution in [-0.4, -0.2) is 53.2 Å². The van der Waals surface area contributed by atoms with Crippen LogP contribution in [0.5, 0.6) is 0 Å². The minimum atomic E-state index is -1.82. The predicted octanol–water partition coefficient (Wildman–Crippen LogP) is -0.377. The monoisotopic (exact) mass is 312 g/mol. The molecule has 22 heavy (non-hydrogen) atoms. The third kappa shape index (κ3) is 2.62. The van der Waals surface area contributed by atoms with Crippen molar-refractivity contribution in [2.75, 3.05) is 13.2 Å². The summed E-state index contributed by atoms with van der Waals surface area (Å²) in [7, 11) is 0. The summed E-state index contributed by atoms with van der Waals surface area (Å²) in [5.41, 5.74) is 0.0797. The average molecular weight is 312 g/mol. The molecule has 120 valence electrons. The van der Waals surface area contributed by atoms with E-state index >= 15 is 0 Å². The molecule has 1 fully saturated rings. The van der Waals surface area contributed by atoms with Crippen molar-refractivity contribution < 1.29 is 38.8 Å². The van der Waals surface area contributed by atoms with Crippen LogP contribution in [0, 0.1) is 11.8 Å². The first-order chi connectivity index (χ1) is 10.3. The molecule has 8 nitrogen and oxygen atoms in total. The second-order valence-corrected chi connectivity index (χ2v) is 5.07. The van der Waals surface area contributed by atoms with E-state index in [1.54, 1.807) is 0 Å². The summed E-state index contributed by atoms with van der Waals surface area (Å²) >= 11 is 0. The third-order valence-corrected chi connectivity index (χ3v) is 3.46. The number of aliphatic hydroxyl groups excluding tert-OH is 1. The van der Waals surface area contributed by atoms with Gasteiger partial charge >= 0.3 is 17.9 Å². The highest BCUT2D eigenvalue weighted by molar-refractivity contribution is 5.89. The number of carbonyl (C=O) groups excluding carboxylic acids is 2. The number of aliphatic carboxylic acids is 1. The Balaban J connectivity index is 2.32. The number of esters is 2. The number of fused-ring (bicyclic) bond motifs is 2. The smallest absolute Gasteiger partial charge is 0.335 e. The summed E-state index contributed by atoms with van der Waals surface area (Å²) in [5, 5.41) is 18.0. The maximum atomic E-state index is 12.1. The van der Waals surface area contributed by atoms with Crippen LogP contribution in [0.4, 0.5) is 0 Å². The zero-order valence-corrected chi connectivity index (χ0v) is 11.9. The van der Waals surface area contributed by atoms with Crippen LogP contribution in [0.2, 0.25) is 0 Å². The van der Waals surface area contributed by atoms with E-state index in [1.165, 1.54) is 19.1 Å². The molecule has 0 amide bonds. The minimum absolute atomic E-state index is 0.0797. The van der Waals surface area contributed by atoms with Gasteiger partial charge in [-0.05, 0) is 13.0 Å². The first-order valence-corrected chi connectivity index (χ1v) is 6.58. The molecule has 8 heteroatoms. The number of hydrogen-bond acceptors (Lipinski definition) is 7. The molecule has 0 aromatic rings. The van der Waals surface area contributed by atoms with Crippen LogP contribution in [-0.2, 0) is 28.6 Å². The Bertz CT molecular complexity index is 551. The van der Waals surface area contributed by atoms with Crippen LogP contribution >= 0.6 is 0 Å². The van der Waals surface area contributed by atoms with Crippen LogP contribution in [0.25, 0.3) is 0 Å². The second-order valence-electron chi connectivity index (χ2n) is 5.07. The van der Waals surface area contributed by atoms with E-state index < -0.39 is 48.2 Å². The van der Waals surface area contributed by atoms with Gasteiger partial charge in [0.15, 0.2) is 0 Å². The molecular weight excluding hydrogens is 296 g/mol. The zero-order chi connectivity index (χ0) is 16.5. The molecule has 0 saturated carbocycles. The van der Waals surface area contributed by atoms with Gasteiger partial charge in [0.1, 0.15) is 18.4 Å². The molecule has 2 bridgehead atoms. The SMILES string of the molecule is C=C(C)C(=O)O[C@@]12C=C[C@@H](O1)[C@@H](C(=O)O)[C@H]2C(=O)OCCO. The largest absolute Gasteiger partial charge is 0.481 e. The molecule has 0 aromatic carbocycles. The summed E-state index contributed by atoms with van der Waals surface area (Å²) in [5.74, 6) is -7.41. The fourth-order valence-corrected chi connectivity index (χ4v) is 2.51. The standard InChI is InChI=1S/C14H16O8/c1-7(2)12(18)22-14-4-3-8(21-14)9(11(16)17)10(14)13(19)20-6-5-15/h3-4,8-10,15H,1,5-6H2,2H3,(H,16,17)/t8-,9-,10+,14-/m1/s1. The lowest BCUT2D eigenvalue weighted by Crippen LogP contribution is -2.47. The van der Waals surface area contributed by atoms with Crippen molar-refractivity contribution in [3.05, 3.63) is 24.3 Å². The predicted molar refractivity (Wildman–Crippen MR) is 70.3 cm³/mol. The van der Waals surface area contributed by atoms with E-state index in [1.807, 2.05) is 0 Å². The van der Waals surface area contributed by atoms with Gasteiger partial charge in [0, 0.05) is 5.57 Å². The molecule has 2 aliphatic heterocycles. The molecule has 1 saturated heterocycles. The van der Waals surface area contributed by atoms with E-state index in [2.05, 4.69) is 6.58 Å². The van der Waals surface area contributed by atoms with Gasteiger partial charge in [-0.15, -0.1) is 0 Å². The Kier molecular flexibility index (Phi) is 4.34. The number of rotatable bonds is 6. The molecule has 0 aromatic heterocycles. The molecule has 0 spiro atoms.